The summed E-state index contributed by atoms with van der Waals surface area (Å²) in [5.74, 6) is -0.598. The van der Waals surface area contributed by atoms with E-state index in [2.05, 4.69) is 42.2 Å². The first-order chi connectivity index (χ1) is 31.0. The predicted octanol–water partition coefficient (Wildman–Crippen LogP) is 7.73. The van der Waals surface area contributed by atoms with Crippen molar-refractivity contribution in [2.45, 2.75) is 205 Å². The van der Waals surface area contributed by atoms with Gasteiger partial charge in [0.05, 0.1) is 25.4 Å². The van der Waals surface area contributed by atoms with Gasteiger partial charge < -0.3 is 44.7 Å². The largest absolute Gasteiger partial charge is 0.481 e. The minimum atomic E-state index is -5.42. The van der Waals surface area contributed by atoms with Gasteiger partial charge in [0.25, 0.3) is 0 Å². The van der Waals surface area contributed by atoms with Crippen LogP contribution in [0.2, 0.25) is 0 Å². The van der Waals surface area contributed by atoms with Crippen LogP contribution in [0, 0.1) is 5.92 Å². The SMILES string of the molecule is CCCCC/C=C\CC1OC1CCCCCCCC(=O)O[C@H](COC(=O)CCCCCCCCCCC(C)C)COP(=O)(O)OP(=O)(O)OC[C@H]1O[C@@H](n2ccc(N)nc2=O)[C@H](O)[C@@H]1O. The predicted molar refractivity (Wildman–Crippen MR) is 242 cm³/mol. The summed E-state index contributed by atoms with van der Waals surface area (Å²) in [4.78, 5) is 61.8. The molecule has 0 amide bonds. The fourth-order valence-corrected chi connectivity index (χ4v) is 9.50. The Labute approximate surface area is 384 Å². The van der Waals surface area contributed by atoms with Crippen molar-refractivity contribution in [2.75, 3.05) is 25.6 Å². The highest BCUT2D eigenvalue weighted by molar-refractivity contribution is 7.61. The second kappa shape index (κ2) is 30.8. The molecular weight excluding hydrogens is 888 g/mol. The van der Waals surface area contributed by atoms with Crippen molar-refractivity contribution in [3.05, 3.63) is 34.9 Å². The van der Waals surface area contributed by atoms with E-state index in [4.69, 9.17) is 33.7 Å². The number of rotatable bonds is 37. The second-order valence-corrected chi connectivity index (χ2v) is 20.5. The van der Waals surface area contributed by atoms with Gasteiger partial charge in [-0.1, -0.05) is 123 Å². The smallest absolute Gasteiger partial charge is 0.462 e. The number of nitrogens with two attached hydrogens (primary N) is 1. The van der Waals surface area contributed by atoms with E-state index in [9.17, 15) is 43.5 Å². The van der Waals surface area contributed by atoms with Gasteiger partial charge in [0.15, 0.2) is 12.3 Å². The fourth-order valence-electron chi connectivity index (χ4n) is 7.39. The van der Waals surface area contributed by atoms with E-state index in [0.717, 1.165) is 87.3 Å². The number of epoxide rings is 1. The van der Waals surface area contributed by atoms with E-state index in [-0.39, 0.29) is 18.7 Å². The van der Waals surface area contributed by atoms with E-state index >= 15 is 0 Å². The number of hydrogen-bond donors (Lipinski definition) is 5. The molecule has 0 aliphatic carbocycles. The second-order valence-electron chi connectivity index (χ2n) is 17.5. The van der Waals surface area contributed by atoms with Crippen LogP contribution in [0.1, 0.15) is 168 Å². The van der Waals surface area contributed by atoms with E-state index in [0.29, 0.717) is 25.0 Å². The van der Waals surface area contributed by atoms with Crippen LogP contribution in [0.25, 0.3) is 0 Å². The van der Waals surface area contributed by atoms with Gasteiger partial charge in [-0.25, -0.2) is 13.9 Å². The Balaban J connectivity index is 1.42. The maximum Gasteiger partial charge on any atom is 0.481 e. The molecule has 1 aromatic heterocycles. The number of esters is 2. The van der Waals surface area contributed by atoms with Crippen molar-refractivity contribution >= 4 is 33.4 Å². The molecule has 3 heterocycles. The number of aliphatic hydroxyl groups is 2. The lowest BCUT2D eigenvalue weighted by molar-refractivity contribution is -0.161. The number of ether oxygens (including phenoxy) is 4. The Bertz CT molecular complexity index is 1720. The van der Waals surface area contributed by atoms with Gasteiger partial charge in [-0.15, -0.1) is 0 Å². The molecule has 2 aliphatic rings. The van der Waals surface area contributed by atoms with E-state index in [1.807, 2.05) is 0 Å². The Morgan fingerprint density at radius 1 is 0.800 bits per heavy atom. The number of allylic oxidation sites excluding steroid dienone is 1. The highest BCUT2D eigenvalue weighted by Crippen LogP contribution is 2.60. The molecular formula is C44H77N3O16P2. The van der Waals surface area contributed by atoms with Crippen LogP contribution in [0.4, 0.5) is 5.82 Å². The molecule has 65 heavy (non-hydrogen) atoms. The van der Waals surface area contributed by atoms with Gasteiger partial charge in [0.1, 0.15) is 30.7 Å². The number of unbranched alkanes of at least 4 members (excludes halogenated alkanes) is 14. The first kappa shape index (κ1) is 56.8. The number of carbonyl (C=O) groups excluding carboxylic acids is 2. The van der Waals surface area contributed by atoms with Crippen molar-refractivity contribution in [2.24, 2.45) is 5.92 Å². The fraction of sp³-hybridized carbons (Fsp3) is 0.818. The van der Waals surface area contributed by atoms with Crippen LogP contribution >= 0.6 is 15.6 Å². The van der Waals surface area contributed by atoms with E-state index < -0.39 is 83.7 Å². The molecule has 1 aromatic rings. The summed E-state index contributed by atoms with van der Waals surface area (Å²) in [5.41, 5.74) is 4.58. The average molecular weight is 966 g/mol. The number of nitrogens with zero attached hydrogens (tertiary/aromatic N) is 2. The van der Waals surface area contributed by atoms with Crippen molar-refractivity contribution in [3.63, 3.8) is 0 Å². The monoisotopic (exact) mass is 965 g/mol. The Kier molecular flexibility index (Phi) is 26.9. The third-order valence-electron chi connectivity index (χ3n) is 11.2. The number of hydrogen-bond acceptors (Lipinski definition) is 16. The number of carbonyl (C=O) groups is 2. The van der Waals surface area contributed by atoms with Crippen molar-refractivity contribution in [1.82, 2.24) is 9.55 Å². The van der Waals surface area contributed by atoms with E-state index in [1.165, 1.54) is 51.0 Å². The molecule has 19 nitrogen and oxygen atoms in total. The summed E-state index contributed by atoms with van der Waals surface area (Å²) >= 11 is 0. The number of aliphatic hydroxyl groups excluding tert-OH is 2. The molecule has 21 heteroatoms. The van der Waals surface area contributed by atoms with Crippen molar-refractivity contribution in [1.29, 1.82) is 0 Å². The molecule has 0 aromatic carbocycles. The Morgan fingerprint density at radius 3 is 2.09 bits per heavy atom. The first-order valence-electron chi connectivity index (χ1n) is 23.7. The normalized spacial score (nSPS) is 23.1. The number of phosphoric ester groups is 2. The van der Waals surface area contributed by atoms with Crippen LogP contribution in [0.15, 0.2) is 29.2 Å². The zero-order chi connectivity index (χ0) is 47.7. The topological polar surface area (TPSA) is 278 Å². The van der Waals surface area contributed by atoms with Gasteiger partial charge in [0, 0.05) is 19.0 Å². The molecule has 0 radical (unpaired) electrons. The first-order valence-corrected chi connectivity index (χ1v) is 26.7. The minimum Gasteiger partial charge on any atom is -0.462 e. The third-order valence-corrected chi connectivity index (χ3v) is 13.8. The van der Waals surface area contributed by atoms with Crippen molar-refractivity contribution < 1.29 is 71.0 Å². The zero-order valence-corrected chi connectivity index (χ0v) is 40.4. The van der Waals surface area contributed by atoms with Crippen LogP contribution in [0.3, 0.4) is 0 Å². The summed E-state index contributed by atoms with van der Waals surface area (Å²) in [6, 6.07) is 1.25. The summed E-state index contributed by atoms with van der Waals surface area (Å²) in [6.45, 7) is 4.34. The molecule has 4 unspecified atom stereocenters. The highest BCUT2D eigenvalue weighted by Gasteiger charge is 2.46. The molecule has 2 aliphatic heterocycles. The van der Waals surface area contributed by atoms with Crippen molar-refractivity contribution in [3.8, 4) is 0 Å². The lowest BCUT2D eigenvalue weighted by atomic mass is 10.0. The molecule has 0 bridgehead atoms. The Hall–Kier alpha value is -2.54. The maximum absolute atomic E-state index is 12.8. The minimum absolute atomic E-state index is 0.0294. The average Bonchev–Trinajstić information content (AvgIpc) is 3.93. The Morgan fingerprint density at radius 2 is 1.43 bits per heavy atom. The number of phosphoric acid groups is 2. The quantitative estimate of drug-likeness (QED) is 0.0140. The van der Waals surface area contributed by atoms with Crippen LogP contribution < -0.4 is 11.4 Å². The number of nitrogen functional groups attached to an aromatic ring is 1. The van der Waals surface area contributed by atoms with E-state index in [1.54, 1.807) is 0 Å². The molecule has 2 saturated heterocycles. The highest BCUT2D eigenvalue weighted by atomic mass is 31.3. The van der Waals surface area contributed by atoms with Crippen LogP contribution in [-0.2, 0) is 51.0 Å². The van der Waals surface area contributed by atoms with Gasteiger partial charge in [0.2, 0.25) is 0 Å². The number of anilines is 1. The zero-order valence-electron chi connectivity index (χ0n) is 38.7. The maximum atomic E-state index is 12.8. The third kappa shape index (κ3) is 24.4. The standard InChI is InChI=1S/C44H77N3O16P2/c1-4-5-6-7-14-19-24-35-36(61-35)25-20-15-12-17-22-27-40(49)60-34(30-57-39(48)26-21-16-11-9-8-10-13-18-23-33(2)3)31-58-64(53,54)63-65(55,56)59-32-37-41(50)42(51)43(62-37)47-29-28-38(45)46-44(47)52/h14,19,28-29,33-37,41-43,50-51H,4-13,15-18,20-27,30-32H2,1-3H3,(H,53,54)(H,55,56)(H2,45,46,52)/b19-14-/t34-,35?,36?,37-,41-,42-,43-/m1/s1. The van der Waals surface area contributed by atoms with Gasteiger partial charge in [-0.05, 0) is 50.5 Å². The lowest BCUT2D eigenvalue weighted by Crippen LogP contribution is -2.36. The molecule has 374 valence electrons. The summed E-state index contributed by atoms with van der Waals surface area (Å²) in [7, 11) is -10.8. The molecule has 6 N–H and O–H groups in total. The summed E-state index contributed by atoms with van der Waals surface area (Å²) in [5, 5.41) is 20.9. The molecule has 2 fully saturated rings. The molecule has 3 rings (SSSR count). The molecule has 0 spiro atoms. The van der Waals surface area contributed by atoms with Crippen LogP contribution in [-0.4, -0.2) is 97.9 Å². The summed E-state index contributed by atoms with van der Waals surface area (Å²) < 4.78 is 62.4. The molecule has 0 saturated carbocycles. The summed E-state index contributed by atoms with van der Waals surface area (Å²) in [6.07, 6.45) is 19.1. The molecule has 9 atom stereocenters. The number of aromatic nitrogens is 2. The van der Waals surface area contributed by atoms with Gasteiger partial charge in [-0.3, -0.25) is 23.2 Å². The van der Waals surface area contributed by atoms with Gasteiger partial charge in [-0.2, -0.15) is 9.29 Å². The lowest BCUT2D eigenvalue weighted by Gasteiger charge is -2.21. The van der Waals surface area contributed by atoms with Gasteiger partial charge >= 0.3 is 33.3 Å². The van der Waals surface area contributed by atoms with Crippen LogP contribution in [0.5, 0.6) is 0 Å².